The van der Waals surface area contributed by atoms with E-state index in [0.29, 0.717) is 0 Å². The van der Waals surface area contributed by atoms with Gasteiger partial charge in [0.25, 0.3) is 0 Å². The molecule has 15 heavy (non-hydrogen) atoms. The van der Waals surface area contributed by atoms with Crippen molar-refractivity contribution in [3.63, 3.8) is 0 Å². The van der Waals surface area contributed by atoms with Crippen molar-refractivity contribution in [1.82, 2.24) is 9.13 Å². The minimum Gasteiger partial charge on any atom is -0.496 e. The maximum Gasteiger partial charge on any atom is 0.328 e. The maximum atomic E-state index is 11.7. The fourth-order valence-electron chi connectivity index (χ4n) is 1.85. The first-order chi connectivity index (χ1) is 7.06. The second-order valence-corrected chi connectivity index (χ2v) is 3.71. The van der Waals surface area contributed by atoms with Gasteiger partial charge in [0.2, 0.25) is 0 Å². The topological polar surface area (TPSA) is 36.2 Å². The number of aromatic nitrogens is 2. The summed E-state index contributed by atoms with van der Waals surface area (Å²) >= 11 is 0. The van der Waals surface area contributed by atoms with Crippen LogP contribution in [0.4, 0.5) is 0 Å². The number of benzene rings is 1. The van der Waals surface area contributed by atoms with Crippen LogP contribution in [-0.4, -0.2) is 16.2 Å². The van der Waals surface area contributed by atoms with Crippen LogP contribution in [0.5, 0.6) is 5.75 Å². The van der Waals surface area contributed by atoms with Gasteiger partial charge in [0.05, 0.1) is 18.1 Å². The molecule has 0 saturated carbocycles. The largest absolute Gasteiger partial charge is 0.496 e. The number of nitrogens with zero attached hydrogens (tertiary/aromatic N) is 2. The SMILES string of the molecule is COc1cc2c(cc1C)n(C)c(=O)n2C. The second-order valence-electron chi connectivity index (χ2n) is 3.71. The summed E-state index contributed by atoms with van der Waals surface area (Å²) in [5, 5.41) is 0. The molecule has 4 nitrogen and oxygen atoms in total. The highest BCUT2D eigenvalue weighted by Crippen LogP contribution is 2.23. The van der Waals surface area contributed by atoms with E-state index in [2.05, 4.69) is 0 Å². The highest BCUT2D eigenvalue weighted by molar-refractivity contribution is 5.79. The molecule has 4 heteroatoms. The Hall–Kier alpha value is -1.71. The first kappa shape index (κ1) is 9.83. The highest BCUT2D eigenvalue weighted by Gasteiger charge is 2.10. The summed E-state index contributed by atoms with van der Waals surface area (Å²) in [7, 11) is 5.17. The molecule has 0 spiro atoms. The minimum absolute atomic E-state index is 0.0161. The molecule has 2 rings (SSSR count). The molecule has 1 aromatic heterocycles. The molecular formula is C11H14N2O2. The molecule has 0 amide bonds. The second kappa shape index (κ2) is 3.15. The number of rotatable bonds is 1. The fraction of sp³-hybridized carbons (Fsp3) is 0.364. The zero-order chi connectivity index (χ0) is 11.2. The minimum atomic E-state index is -0.0161. The Morgan fingerprint density at radius 2 is 1.67 bits per heavy atom. The summed E-state index contributed by atoms with van der Waals surface area (Å²) in [6, 6.07) is 3.86. The Morgan fingerprint density at radius 3 is 2.20 bits per heavy atom. The Labute approximate surface area is 87.7 Å². The Bertz CT molecular complexity index is 578. The van der Waals surface area contributed by atoms with Crippen LogP contribution in [-0.2, 0) is 14.1 Å². The van der Waals surface area contributed by atoms with Gasteiger partial charge in [0, 0.05) is 20.2 Å². The van der Waals surface area contributed by atoms with Crippen molar-refractivity contribution in [3.05, 3.63) is 28.2 Å². The molecule has 1 heterocycles. The third-order valence-corrected chi connectivity index (χ3v) is 2.79. The average Bonchev–Trinajstić information content (AvgIpc) is 2.43. The third kappa shape index (κ3) is 1.25. The first-order valence-electron chi connectivity index (χ1n) is 4.76. The van der Waals surface area contributed by atoms with Gasteiger partial charge in [-0.2, -0.15) is 0 Å². The lowest BCUT2D eigenvalue weighted by Gasteiger charge is -2.05. The van der Waals surface area contributed by atoms with Gasteiger partial charge in [-0.25, -0.2) is 4.79 Å². The molecule has 0 fully saturated rings. The summed E-state index contributed by atoms with van der Waals surface area (Å²) in [6.07, 6.45) is 0. The van der Waals surface area contributed by atoms with Crippen molar-refractivity contribution in [3.8, 4) is 5.75 Å². The number of hydrogen-bond acceptors (Lipinski definition) is 2. The number of imidazole rings is 1. The van der Waals surface area contributed by atoms with Gasteiger partial charge >= 0.3 is 5.69 Å². The van der Waals surface area contributed by atoms with Crippen molar-refractivity contribution in [2.75, 3.05) is 7.11 Å². The summed E-state index contributed by atoms with van der Waals surface area (Å²) in [4.78, 5) is 11.7. The average molecular weight is 206 g/mol. The van der Waals surface area contributed by atoms with E-state index in [1.54, 1.807) is 30.3 Å². The third-order valence-electron chi connectivity index (χ3n) is 2.79. The van der Waals surface area contributed by atoms with E-state index in [-0.39, 0.29) is 5.69 Å². The van der Waals surface area contributed by atoms with Gasteiger partial charge in [-0.05, 0) is 18.6 Å². The molecular weight excluding hydrogens is 192 g/mol. The lowest BCUT2D eigenvalue weighted by molar-refractivity contribution is 0.412. The van der Waals surface area contributed by atoms with E-state index in [9.17, 15) is 4.79 Å². The van der Waals surface area contributed by atoms with Crippen LogP contribution in [0.25, 0.3) is 11.0 Å². The molecule has 1 aromatic carbocycles. The molecule has 0 radical (unpaired) electrons. The number of fused-ring (bicyclic) bond motifs is 1. The van der Waals surface area contributed by atoms with Gasteiger partial charge in [-0.3, -0.25) is 9.13 Å². The van der Waals surface area contributed by atoms with Crippen LogP contribution in [0.1, 0.15) is 5.56 Å². The summed E-state index contributed by atoms with van der Waals surface area (Å²) in [6.45, 7) is 1.97. The summed E-state index contributed by atoms with van der Waals surface area (Å²) < 4.78 is 8.50. The smallest absolute Gasteiger partial charge is 0.328 e. The van der Waals surface area contributed by atoms with E-state index < -0.39 is 0 Å². The zero-order valence-corrected chi connectivity index (χ0v) is 9.37. The van der Waals surface area contributed by atoms with Crippen LogP contribution in [0.2, 0.25) is 0 Å². The van der Waals surface area contributed by atoms with Gasteiger partial charge in [0.15, 0.2) is 0 Å². The van der Waals surface area contributed by atoms with Crippen molar-refractivity contribution >= 4 is 11.0 Å². The van der Waals surface area contributed by atoms with Crippen molar-refractivity contribution in [1.29, 1.82) is 0 Å². The van der Waals surface area contributed by atoms with Crippen molar-refractivity contribution < 1.29 is 4.74 Å². The number of methoxy groups -OCH3 is 1. The molecule has 0 bridgehead atoms. The number of hydrogen-bond donors (Lipinski definition) is 0. The van der Waals surface area contributed by atoms with Crippen LogP contribution in [0.15, 0.2) is 16.9 Å². The predicted molar refractivity (Wildman–Crippen MR) is 59.4 cm³/mol. The standard InChI is InChI=1S/C11H14N2O2/c1-7-5-8-9(6-10(7)15-4)13(3)11(14)12(8)2/h5-6H,1-4H3. The van der Waals surface area contributed by atoms with Gasteiger partial charge in [-0.15, -0.1) is 0 Å². The van der Waals surface area contributed by atoms with Crippen LogP contribution < -0.4 is 10.4 Å². The zero-order valence-electron chi connectivity index (χ0n) is 9.37. The monoisotopic (exact) mass is 206 g/mol. The predicted octanol–water partition coefficient (Wildman–Crippen LogP) is 1.19. The Balaban J connectivity index is 2.94. The Kier molecular flexibility index (Phi) is 2.07. The Morgan fingerprint density at radius 1 is 1.13 bits per heavy atom. The highest BCUT2D eigenvalue weighted by atomic mass is 16.5. The molecule has 0 aliphatic carbocycles. The van der Waals surface area contributed by atoms with E-state index in [1.165, 1.54) is 0 Å². The number of aryl methyl sites for hydroxylation is 3. The molecule has 0 aliphatic rings. The van der Waals surface area contributed by atoms with Gasteiger partial charge < -0.3 is 4.74 Å². The van der Waals surface area contributed by atoms with E-state index in [0.717, 1.165) is 22.3 Å². The normalized spacial score (nSPS) is 10.9. The van der Waals surface area contributed by atoms with Gasteiger partial charge in [0.1, 0.15) is 5.75 Å². The van der Waals surface area contributed by atoms with Crippen molar-refractivity contribution in [2.24, 2.45) is 14.1 Å². The lowest BCUT2D eigenvalue weighted by Crippen LogP contribution is -2.19. The molecule has 0 atom stereocenters. The quantitative estimate of drug-likeness (QED) is 0.702. The summed E-state index contributed by atoms with van der Waals surface area (Å²) in [5.74, 6) is 0.809. The summed E-state index contributed by atoms with van der Waals surface area (Å²) in [5.41, 5.74) is 2.84. The van der Waals surface area contributed by atoms with Crippen molar-refractivity contribution in [2.45, 2.75) is 6.92 Å². The molecule has 80 valence electrons. The number of ether oxygens (including phenoxy) is 1. The fourth-order valence-corrected chi connectivity index (χ4v) is 1.85. The lowest BCUT2D eigenvalue weighted by atomic mass is 10.2. The molecule has 0 aliphatic heterocycles. The first-order valence-corrected chi connectivity index (χ1v) is 4.76. The maximum absolute atomic E-state index is 11.7. The van der Waals surface area contributed by atoms with Crippen LogP contribution in [0.3, 0.4) is 0 Å². The van der Waals surface area contributed by atoms with Crippen LogP contribution >= 0.6 is 0 Å². The molecule has 0 saturated heterocycles. The molecule has 0 N–H and O–H groups in total. The van der Waals surface area contributed by atoms with Crippen LogP contribution in [0, 0.1) is 6.92 Å². The van der Waals surface area contributed by atoms with E-state index in [4.69, 9.17) is 4.74 Å². The van der Waals surface area contributed by atoms with E-state index >= 15 is 0 Å². The molecule has 0 unspecified atom stereocenters. The van der Waals surface area contributed by atoms with E-state index in [1.807, 2.05) is 19.1 Å². The molecule has 2 aromatic rings. The van der Waals surface area contributed by atoms with Gasteiger partial charge in [-0.1, -0.05) is 0 Å².